The molecule has 3 heterocycles. The predicted octanol–water partition coefficient (Wildman–Crippen LogP) is 1.91. The van der Waals surface area contributed by atoms with E-state index in [0.717, 1.165) is 36.0 Å². The average molecular weight is 336 g/mol. The first kappa shape index (κ1) is 15.6. The fraction of sp³-hybridized carbons (Fsp3) is 0.316. The molecule has 0 aliphatic carbocycles. The smallest absolute Gasteiger partial charge is 0.253 e. The second-order valence-electron chi connectivity index (χ2n) is 6.24. The number of aromatic nitrogens is 2. The van der Waals surface area contributed by atoms with Crippen molar-refractivity contribution in [3.63, 3.8) is 0 Å². The monoisotopic (exact) mass is 336 g/mol. The zero-order chi connectivity index (χ0) is 17.2. The van der Waals surface area contributed by atoms with E-state index in [-0.39, 0.29) is 5.91 Å². The van der Waals surface area contributed by atoms with Crippen LogP contribution < -0.4 is 9.64 Å². The van der Waals surface area contributed by atoms with Crippen LogP contribution in [0.3, 0.4) is 0 Å². The number of fused-ring (bicyclic) bond motifs is 1. The quantitative estimate of drug-likeness (QED) is 0.838. The second-order valence-corrected chi connectivity index (χ2v) is 6.24. The highest BCUT2D eigenvalue weighted by Crippen LogP contribution is 2.26. The molecule has 0 unspecified atom stereocenters. The van der Waals surface area contributed by atoms with Crippen molar-refractivity contribution in [2.24, 2.45) is 0 Å². The summed E-state index contributed by atoms with van der Waals surface area (Å²) in [5.41, 5.74) is 1.68. The minimum Gasteiger partial charge on any atom is -0.488 e. The van der Waals surface area contributed by atoms with Crippen molar-refractivity contribution in [2.45, 2.75) is 6.92 Å². The van der Waals surface area contributed by atoms with Crippen molar-refractivity contribution in [1.29, 1.82) is 0 Å². The molecule has 1 aromatic carbocycles. The Morgan fingerprint density at radius 2 is 1.92 bits per heavy atom. The lowest BCUT2D eigenvalue weighted by Gasteiger charge is -2.36. The average Bonchev–Trinajstić information content (AvgIpc) is 2.67. The molecule has 1 aromatic heterocycles. The lowest BCUT2D eigenvalue weighted by Crippen LogP contribution is -2.49. The molecule has 0 atom stereocenters. The van der Waals surface area contributed by atoms with Gasteiger partial charge in [0.25, 0.3) is 5.91 Å². The number of aryl methyl sites for hydroxylation is 1. The first-order chi connectivity index (χ1) is 12.2. The topological polar surface area (TPSA) is 58.6 Å². The molecule has 25 heavy (non-hydrogen) atoms. The highest BCUT2D eigenvalue weighted by atomic mass is 16.5. The van der Waals surface area contributed by atoms with E-state index in [1.807, 2.05) is 48.2 Å². The molecule has 4 rings (SSSR count). The van der Waals surface area contributed by atoms with E-state index in [1.54, 1.807) is 6.20 Å². The number of hydrogen-bond acceptors (Lipinski definition) is 5. The van der Waals surface area contributed by atoms with Gasteiger partial charge in [0.2, 0.25) is 0 Å². The van der Waals surface area contributed by atoms with Crippen LogP contribution in [0.5, 0.6) is 5.75 Å². The largest absolute Gasteiger partial charge is 0.488 e. The summed E-state index contributed by atoms with van der Waals surface area (Å²) in [7, 11) is 0. The Balaban J connectivity index is 1.43. The van der Waals surface area contributed by atoms with Gasteiger partial charge in [0, 0.05) is 37.9 Å². The highest BCUT2D eigenvalue weighted by Gasteiger charge is 2.26. The summed E-state index contributed by atoms with van der Waals surface area (Å²) >= 11 is 0. The molecule has 0 spiro atoms. The van der Waals surface area contributed by atoms with E-state index in [9.17, 15) is 4.79 Å². The van der Waals surface area contributed by atoms with Gasteiger partial charge >= 0.3 is 0 Å². The summed E-state index contributed by atoms with van der Waals surface area (Å²) in [4.78, 5) is 25.5. The Kier molecular flexibility index (Phi) is 4.09. The van der Waals surface area contributed by atoms with E-state index in [0.29, 0.717) is 25.3 Å². The Bertz CT molecular complexity index is 826. The van der Waals surface area contributed by atoms with Crippen molar-refractivity contribution in [3.8, 4) is 5.75 Å². The number of para-hydroxylation sites is 1. The van der Waals surface area contributed by atoms with Crippen LogP contribution in [0.1, 0.15) is 11.4 Å². The maximum Gasteiger partial charge on any atom is 0.253 e. The van der Waals surface area contributed by atoms with E-state index < -0.39 is 0 Å². The zero-order valence-electron chi connectivity index (χ0n) is 14.2. The molecule has 0 radical (unpaired) electrons. The Hall–Kier alpha value is -2.89. The Morgan fingerprint density at radius 1 is 1.12 bits per heavy atom. The van der Waals surface area contributed by atoms with Gasteiger partial charge in [0.05, 0.1) is 5.57 Å². The van der Waals surface area contributed by atoms with Crippen molar-refractivity contribution in [3.05, 3.63) is 53.5 Å². The number of nitrogens with zero attached hydrogens (tertiary/aromatic N) is 4. The third-order valence-electron chi connectivity index (χ3n) is 4.56. The number of piperazine rings is 1. The molecule has 0 saturated carbocycles. The van der Waals surface area contributed by atoms with Crippen LogP contribution in [0.2, 0.25) is 0 Å². The fourth-order valence-corrected chi connectivity index (χ4v) is 3.20. The number of hydrogen-bond donors (Lipinski definition) is 0. The number of anilines is 1. The van der Waals surface area contributed by atoms with Crippen LogP contribution in [0.4, 0.5) is 5.82 Å². The summed E-state index contributed by atoms with van der Waals surface area (Å²) in [5, 5.41) is 0. The lowest BCUT2D eigenvalue weighted by molar-refractivity contribution is -0.127. The number of benzene rings is 1. The molecule has 0 bridgehead atoms. The third kappa shape index (κ3) is 3.20. The van der Waals surface area contributed by atoms with Crippen LogP contribution in [0.15, 0.2) is 42.1 Å². The molecule has 6 heteroatoms. The third-order valence-corrected chi connectivity index (χ3v) is 4.56. The molecular weight excluding hydrogens is 316 g/mol. The van der Waals surface area contributed by atoms with E-state index >= 15 is 0 Å². The molecule has 2 aliphatic heterocycles. The number of ether oxygens (including phenoxy) is 1. The highest BCUT2D eigenvalue weighted by molar-refractivity contribution is 5.99. The van der Waals surface area contributed by atoms with E-state index in [4.69, 9.17) is 4.74 Å². The summed E-state index contributed by atoms with van der Waals surface area (Å²) in [5.74, 6) is 2.59. The number of rotatable bonds is 2. The minimum atomic E-state index is 0.0630. The van der Waals surface area contributed by atoms with Crippen LogP contribution in [-0.4, -0.2) is 53.6 Å². The summed E-state index contributed by atoms with van der Waals surface area (Å²) in [6.45, 7) is 5.12. The number of carbonyl (C=O) groups excluding carboxylic acids is 1. The number of carbonyl (C=O) groups is 1. The summed E-state index contributed by atoms with van der Waals surface area (Å²) in [6.07, 6.45) is 3.72. The van der Waals surface area contributed by atoms with Gasteiger partial charge in [-0.3, -0.25) is 4.79 Å². The standard InChI is InChI=1S/C19H20N4O2/c1-14-20-7-6-18(21-14)22-8-10-23(11-9-22)19(24)16-12-15-4-2-3-5-17(15)25-13-16/h2-7,12H,8-11,13H2,1H3. The fourth-order valence-electron chi connectivity index (χ4n) is 3.20. The predicted molar refractivity (Wildman–Crippen MR) is 95.5 cm³/mol. The van der Waals surface area contributed by atoms with Crippen LogP contribution in [-0.2, 0) is 4.79 Å². The van der Waals surface area contributed by atoms with E-state index in [1.165, 1.54) is 0 Å². The first-order valence-electron chi connectivity index (χ1n) is 8.47. The molecular formula is C19H20N4O2. The molecule has 2 aliphatic rings. The number of amides is 1. The van der Waals surface area contributed by atoms with Crippen LogP contribution >= 0.6 is 0 Å². The zero-order valence-corrected chi connectivity index (χ0v) is 14.2. The summed E-state index contributed by atoms with van der Waals surface area (Å²) < 4.78 is 5.71. The summed E-state index contributed by atoms with van der Waals surface area (Å²) in [6, 6.07) is 9.70. The van der Waals surface area contributed by atoms with Gasteiger partial charge in [0.15, 0.2) is 0 Å². The molecule has 1 fully saturated rings. The van der Waals surface area contributed by atoms with Crippen molar-refractivity contribution < 1.29 is 9.53 Å². The normalized spacial score (nSPS) is 16.8. The molecule has 2 aromatic rings. The lowest BCUT2D eigenvalue weighted by atomic mass is 10.1. The Labute approximate surface area is 146 Å². The van der Waals surface area contributed by atoms with Gasteiger partial charge in [0.1, 0.15) is 24.0 Å². The van der Waals surface area contributed by atoms with Gasteiger partial charge in [-0.1, -0.05) is 18.2 Å². The van der Waals surface area contributed by atoms with Gasteiger partial charge in [-0.05, 0) is 25.1 Å². The molecule has 1 amide bonds. The van der Waals surface area contributed by atoms with Gasteiger partial charge in [-0.2, -0.15) is 0 Å². The van der Waals surface area contributed by atoms with Crippen LogP contribution in [0, 0.1) is 6.92 Å². The first-order valence-corrected chi connectivity index (χ1v) is 8.47. The van der Waals surface area contributed by atoms with Gasteiger partial charge < -0.3 is 14.5 Å². The Morgan fingerprint density at radius 3 is 2.72 bits per heavy atom. The molecule has 128 valence electrons. The van der Waals surface area contributed by atoms with Gasteiger partial charge in [-0.25, -0.2) is 9.97 Å². The molecule has 1 saturated heterocycles. The second kappa shape index (κ2) is 6.55. The maximum absolute atomic E-state index is 12.8. The van der Waals surface area contributed by atoms with Crippen molar-refractivity contribution >= 4 is 17.8 Å². The van der Waals surface area contributed by atoms with E-state index in [2.05, 4.69) is 14.9 Å². The molecule has 6 nitrogen and oxygen atoms in total. The van der Waals surface area contributed by atoms with Gasteiger partial charge in [-0.15, -0.1) is 0 Å². The minimum absolute atomic E-state index is 0.0630. The SMILES string of the molecule is Cc1nccc(N2CCN(C(=O)C3=Cc4ccccc4OC3)CC2)n1. The molecule has 0 N–H and O–H groups in total. The van der Waals surface area contributed by atoms with Crippen LogP contribution in [0.25, 0.3) is 6.08 Å². The maximum atomic E-state index is 12.8. The van der Waals surface area contributed by atoms with Crippen molar-refractivity contribution in [2.75, 3.05) is 37.7 Å². The van der Waals surface area contributed by atoms with Crippen molar-refractivity contribution in [1.82, 2.24) is 14.9 Å².